The fourth-order valence-corrected chi connectivity index (χ4v) is 7.41. The fraction of sp³-hybridized carbons (Fsp3) is 0.517. The van der Waals surface area contributed by atoms with Crippen LogP contribution >= 0.6 is 0 Å². The van der Waals surface area contributed by atoms with E-state index in [1.807, 2.05) is 58.1 Å². The van der Waals surface area contributed by atoms with Crippen molar-refractivity contribution in [1.29, 1.82) is 0 Å². The first kappa shape index (κ1) is 30.1. The van der Waals surface area contributed by atoms with Gasteiger partial charge in [0, 0.05) is 11.7 Å². The molecule has 1 aromatic heterocycles. The van der Waals surface area contributed by atoms with E-state index in [-0.39, 0.29) is 18.9 Å². The van der Waals surface area contributed by atoms with Crippen molar-refractivity contribution in [3.05, 3.63) is 53.7 Å². The largest absolute Gasteiger partial charge is 0.497 e. The zero-order chi connectivity index (χ0) is 29.3. The maximum Gasteiger partial charge on any atom is 0.416 e. The molecule has 1 radical (unpaired) electrons. The third-order valence-corrected chi connectivity index (χ3v) is 9.09. The van der Waals surface area contributed by atoms with Gasteiger partial charge in [0.1, 0.15) is 22.3 Å². The van der Waals surface area contributed by atoms with Gasteiger partial charge in [0.25, 0.3) is 0 Å². The molecule has 0 saturated carbocycles. The number of amides is 2. The lowest BCUT2D eigenvalue weighted by Crippen LogP contribution is -2.83. The Labute approximate surface area is 232 Å². The van der Waals surface area contributed by atoms with E-state index in [2.05, 4.69) is 4.98 Å². The number of pyridine rings is 1. The number of rotatable bonds is 8. The van der Waals surface area contributed by atoms with E-state index in [0.717, 1.165) is 11.1 Å². The van der Waals surface area contributed by atoms with Crippen LogP contribution in [0.4, 0.5) is 10.6 Å². The van der Waals surface area contributed by atoms with Crippen LogP contribution in [0.15, 0.2) is 42.6 Å². The molecule has 39 heavy (non-hydrogen) atoms. The number of carboxylic acids is 1. The van der Waals surface area contributed by atoms with Crippen LogP contribution in [0.25, 0.3) is 0 Å². The number of benzene rings is 1. The predicted octanol–water partition coefficient (Wildman–Crippen LogP) is 4.95. The van der Waals surface area contributed by atoms with Crippen LogP contribution < -0.4 is 9.64 Å². The van der Waals surface area contributed by atoms with Gasteiger partial charge in [-0.15, -0.1) is 0 Å². The van der Waals surface area contributed by atoms with Crippen LogP contribution in [0.2, 0.25) is 13.1 Å². The summed E-state index contributed by atoms with van der Waals surface area (Å²) >= 11 is 0. The highest BCUT2D eigenvalue weighted by Gasteiger charge is 2.68. The molecular weight excluding hydrogens is 514 g/mol. The number of ether oxygens (including phenoxy) is 2. The molecular formula is C29H40N3O6Si. The van der Waals surface area contributed by atoms with E-state index in [0.29, 0.717) is 11.6 Å². The van der Waals surface area contributed by atoms with Crippen LogP contribution in [0.5, 0.6) is 5.75 Å². The van der Waals surface area contributed by atoms with E-state index in [4.69, 9.17) is 9.47 Å². The summed E-state index contributed by atoms with van der Waals surface area (Å²) < 4.78 is 10.9. The number of carbonyl (C=O) groups excluding carboxylic acids is 2. The number of nitrogens with zero attached hydrogens (tertiary/aromatic N) is 3. The SMILES string of the molecule is COc1ccc(CN(C(=O)OC(C)(C)C)c2cc(C[C@@H]3C(=O)N(C(C)(C)C)[C@]3(C(=O)O)[Si](C)C)ccn2)cc1. The van der Waals surface area contributed by atoms with E-state index < -0.39 is 43.1 Å². The number of β-lactam (4-membered cyclic amide) rings is 1. The normalized spacial score (nSPS) is 19.5. The minimum atomic E-state index is -1.48. The van der Waals surface area contributed by atoms with Crippen molar-refractivity contribution in [2.24, 2.45) is 5.92 Å². The lowest BCUT2D eigenvalue weighted by molar-refractivity contribution is -0.186. The zero-order valence-electron chi connectivity index (χ0n) is 24.4. The lowest BCUT2D eigenvalue weighted by Gasteiger charge is -2.62. The van der Waals surface area contributed by atoms with Crippen molar-refractivity contribution in [3.63, 3.8) is 0 Å². The number of methoxy groups -OCH3 is 1. The van der Waals surface area contributed by atoms with Gasteiger partial charge in [-0.3, -0.25) is 14.5 Å². The third kappa shape index (κ3) is 6.11. The Balaban J connectivity index is 1.98. The molecule has 1 N–H and O–H groups in total. The molecule has 2 heterocycles. The highest BCUT2D eigenvalue weighted by atomic mass is 28.3. The Morgan fingerprint density at radius 3 is 2.18 bits per heavy atom. The average molecular weight is 555 g/mol. The molecule has 9 nitrogen and oxygen atoms in total. The number of aromatic nitrogens is 1. The molecule has 1 aliphatic heterocycles. The van der Waals surface area contributed by atoms with Crippen LogP contribution in [-0.4, -0.2) is 65.2 Å². The predicted molar refractivity (Wildman–Crippen MR) is 151 cm³/mol. The van der Waals surface area contributed by atoms with Crippen LogP contribution in [0.1, 0.15) is 52.7 Å². The van der Waals surface area contributed by atoms with Gasteiger partial charge in [0.2, 0.25) is 5.91 Å². The molecule has 0 bridgehead atoms. The molecule has 211 valence electrons. The van der Waals surface area contributed by atoms with E-state index >= 15 is 0 Å². The van der Waals surface area contributed by atoms with Gasteiger partial charge in [-0.05, 0) is 83.4 Å². The first-order chi connectivity index (χ1) is 18.0. The second kappa shape index (κ2) is 11.0. The average Bonchev–Trinajstić information content (AvgIpc) is 2.82. The summed E-state index contributed by atoms with van der Waals surface area (Å²) in [6.45, 7) is 15.1. The van der Waals surface area contributed by atoms with Crippen molar-refractivity contribution in [2.75, 3.05) is 12.0 Å². The van der Waals surface area contributed by atoms with Gasteiger partial charge in [0.15, 0.2) is 0 Å². The number of aliphatic carboxylic acids is 1. The van der Waals surface area contributed by atoms with Gasteiger partial charge in [-0.1, -0.05) is 25.2 Å². The number of hydrogen-bond donors (Lipinski definition) is 1. The molecule has 1 saturated heterocycles. The molecule has 0 spiro atoms. The summed E-state index contributed by atoms with van der Waals surface area (Å²) in [6.07, 6.45) is 1.25. The summed E-state index contributed by atoms with van der Waals surface area (Å²) in [6, 6.07) is 10.9. The van der Waals surface area contributed by atoms with Gasteiger partial charge in [-0.25, -0.2) is 9.78 Å². The monoisotopic (exact) mass is 554 g/mol. The lowest BCUT2D eigenvalue weighted by atomic mass is 9.78. The van der Waals surface area contributed by atoms with Crippen LogP contribution in [0, 0.1) is 5.92 Å². The number of carbonyl (C=O) groups is 3. The first-order valence-electron chi connectivity index (χ1n) is 13.0. The molecule has 10 heteroatoms. The molecule has 0 aliphatic carbocycles. The standard InChI is InChI=1S/C29H40N3O6Si/c1-27(2,3)32-24(33)22(29(32,25(34)35)39(8)9)16-20-14-15-30-23(17-20)31(26(36)38-28(4,5)6)18-19-10-12-21(37-7)13-11-19/h10-15,17,22H,16,18H2,1-9H3,(H,34,35)/t22-,29+/m1/s1. The van der Waals surface area contributed by atoms with Crippen LogP contribution in [0.3, 0.4) is 0 Å². The first-order valence-corrected chi connectivity index (χ1v) is 15.5. The number of carboxylic acid groups (broad SMARTS) is 1. The maximum atomic E-state index is 13.4. The smallest absolute Gasteiger partial charge is 0.416 e. The highest BCUT2D eigenvalue weighted by molar-refractivity contribution is 6.66. The highest BCUT2D eigenvalue weighted by Crippen LogP contribution is 2.47. The quantitative estimate of drug-likeness (QED) is 0.363. The number of likely N-dealkylation sites (tertiary alicyclic amines) is 1. The van der Waals surface area contributed by atoms with Crippen molar-refractivity contribution < 1.29 is 29.0 Å². The topological polar surface area (TPSA) is 109 Å². The van der Waals surface area contributed by atoms with Gasteiger partial charge < -0.3 is 19.5 Å². The van der Waals surface area contributed by atoms with Crippen molar-refractivity contribution in [1.82, 2.24) is 9.88 Å². The second-order valence-electron chi connectivity index (χ2n) is 12.1. The fourth-order valence-electron chi connectivity index (χ4n) is 5.16. The zero-order valence-corrected chi connectivity index (χ0v) is 25.4. The molecule has 1 fully saturated rings. The molecule has 2 amide bonds. The molecule has 2 atom stereocenters. The maximum absolute atomic E-state index is 13.4. The second-order valence-corrected chi connectivity index (χ2v) is 14.9. The van der Waals surface area contributed by atoms with Gasteiger partial charge >= 0.3 is 12.1 Å². The summed E-state index contributed by atoms with van der Waals surface area (Å²) in [5.74, 6) is -0.782. The summed E-state index contributed by atoms with van der Waals surface area (Å²) in [4.78, 5) is 46.8. The van der Waals surface area contributed by atoms with E-state index in [1.165, 1.54) is 4.90 Å². The van der Waals surface area contributed by atoms with E-state index in [9.17, 15) is 19.5 Å². The van der Waals surface area contributed by atoms with Gasteiger partial charge in [-0.2, -0.15) is 0 Å². The molecule has 1 aromatic carbocycles. The van der Waals surface area contributed by atoms with Crippen molar-refractivity contribution in [3.8, 4) is 5.75 Å². The summed E-state index contributed by atoms with van der Waals surface area (Å²) in [7, 11) is 0.113. The molecule has 1 aliphatic rings. The van der Waals surface area contributed by atoms with Crippen molar-refractivity contribution in [2.45, 2.75) is 83.9 Å². The van der Waals surface area contributed by atoms with E-state index in [1.54, 1.807) is 51.1 Å². The Hall–Kier alpha value is -3.40. The van der Waals surface area contributed by atoms with Gasteiger partial charge in [0.05, 0.1) is 28.4 Å². The minimum Gasteiger partial charge on any atom is -0.497 e. The van der Waals surface area contributed by atoms with Crippen molar-refractivity contribution >= 4 is 32.6 Å². The Kier molecular flexibility index (Phi) is 8.50. The Bertz CT molecular complexity index is 1220. The molecule has 3 rings (SSSR count). The Morgan fingerprint density at radius 1 is 1.08 bits per heavy atom. The Morgan fingerprint density at radius 2 is 1.69 bits per heavy atom. The minimum absolute atomic E-state index is 0.170. The molecule has 2 aromatic rings. The summed E-state index contributed by atoms with van der Waals surface area (Å²) in [5.41, 5.74) is 0.231. The van der Waals surface area contributed by atoms with Crippen LogP contribution in [-0.2, 0) is 27.3 Å². The number of hydrogen-bond acceptors (Lipinski definition) is 6. The number of anilines is 1. The summed E-state index contributed by atoms with van der Waals surface area (Å²) in [5, 5.41) is 9.18. The molecule has 0 unspecified atom stereocenters. The third-order valence-electron chi connectivity index (χ3n) is 6.77.